The quantitative estimate of drug-likeness (QED) is 0.663. The van der Waals surface area contributed by atoms with Gasteiger partial charge in [-0.2, -0.15) is 0 Å². The Morgan fingerprint density at radius 3 is 2.47 bits per heavy atom. The summed E-state index contributed by atoms with van der Waals surface area (Å²) in [6, 6.07) is 15.2. The molecule has 2 rings (SSSR count). The Kier molecular flexibility index (Phi) is 5.38. The maximum absolute atomic E-state index is 2.25. The van der Waals surface area contributed by atoms with E-state index in [1.807, 2.05) is 0 Å². The van der Waals surface area contributed by atoms with Crippen molar-refractivity contribution in [2.75, 3.05) is 0 Å². The molecule has 0 nitrogen and oxygen atoms in total. The van der Waals surface area contributed by atoms with Gasteiger partial charge in [-0.25, -0.2) is 0 Å². The van der Waals surface area contributed by atoms with Crippen LogP contribution >= 0.6 is 0 Å². The average Bonchev–Trinajstić information content (AvgIpc) is 2.26. The first-order valence-electron chi connectivity index (χ1n) is 5.38. The van der Waals surface area contributed by atoms with Gasteiger partial charge in [0.05, 0.1) is 0 Å². The van der Waals surface area contributed by atoms with Crippen molar-refractivity contribution in [2.45, 2.75) is 26.2 Å². The van der Waals surface area contributed by atoms with E-state index < -0.39 is 0 Å². The number of hydrogen-bond donors (Lipinski definition) is 0. The standard InChI is InChI=1S/C14H16.Na/c1-2-3-7-12-9-6-10-13-8-4-5-11-14(12)13;/h4-6,8-11H,2-3,7H2,1H3;/q;+1. The summed E-state index contributed by atoms with van der Waals surface area (Å²) in [5, 5.41) is 2.78. The topological polar surface area (TPSA) is 0 Å². The molecule has 0 heterocycles. The van der Waals surface area contributed by atoms with Crippen molar-refractivity contribution in [3.63, 3.8) is 0 Å². The Morgan fingerprint density at radius 1 is 0.933 bits per heavy atom. The summed E-state index contributed by atoms with van der Waals surface area (Å²) in [5.41, 5.74) is 1.49. The van der Waals surface area contributed by atoms with Crippen LogP contribution in [0.25, 0.3) is 10.8 Å². The first kappa shape index (κ1) is 12.8. The van der Waals surface area contributed by atoms with E-state index in [4.69, 9.17) is 0 Å². The molecule has 0 atom stereocenters. The van der Waals surface area contributed by atoms with Crippen molar-refractivity contribution in [2.24, 2.45) is 0 Å². The predicted molar refractivity (Wildman–Crippen MR) is 62.6 cm³/mol. The minimum atomic E-state index is 0. The Balaban J connectivity index is 0.00000112. The van der Waals surface area contributed by atoms with Crippen molar-refractivity contribution < 1.29 is 29.6 Å². The number of fused-ring (bicyclic) bond motifs is 1. The number of aryl methyl sites for hydroxylation is 1. The molecule has 1 heteroatoms. The molecule has 0 aromatic heterocycles. The van der Waals surface area contributed by atoms with E-state index in [1.165, 1.54) is 35.6 Å². The normalized spacial score (nSPS) is 9.93. The molecule has 15 heavy (non-hydrogen) atoms. The first-order valence-corrected chi connectivity index (χ1v) is 5.38. The zero-order valence-corrected chi connectivity index (χ0v) is 11.7. The van der Waals surface area contributed by atoms with E-state index in [0.29, 0.717) is 0 Å². The minimum Gasteiger partial charge on any atom is -0.0654 e. The molecule has 0 aliphatic carbocycles. The van der Waals surface area contributed by atoms with E-state index >= 15 is 0 Å². The first-order chi connectivity index (χ1) is 6.92. The zero-order valence-electron chi connectivity index (χ0n) is 9.66. The summed E-state index contributed by atoms with van der Waals surface area (Å²) in [4.78, 5) is 0. The predicted octanol–water partition coefficient (Wildman–Crippen LogP) is 1.19. The third kappa shape index (κ3) is 3.07. The van der Waals surface area contributed by atoms with E-state index in [9.17, 15) is 0 Å². The molecular formula is C14H16Na+. The molecule has 0 aliphatic rings. The van der Waals surface area contributed by atoms with E-state index in [0.717, 1.165) is 0 Å². The summed E-state index contributed by atoms with van der Waals surface area (Å²) in [7, 11) is 0. The van der Waals surface area contributed by atoms with Gasteiger partial charge in [-0.15, -0.1) is 0 Å². The summed E-state index contributed by atoms with van der Waals surface area (Å²) < 4.78 is 0. The Morgan fingerprint density at radius 2 is 1.67 bits per heavy atom. The summed E-state index contributed by atoms with van der Waals surface area (Å²) in [5.74, 6) is 0. The monoisotopic (exact) mass is 207 g/mol. The second kappa shape index (κ2) is 6.32. The van der Waals surface area contributed by atoms with Crippen molar-refractivity contribution in [3.05, 3.63) is 48.0 Å². The van der Waals surface area contributed by atoms with Gasteiger partial charge in [-0.1, -0.05) is 55.8 Å². The molecule has 0 amide bonds. The largest absolute Gasteiger partial charge is 1.00 e. The van der Waals surface area contributed by atoms with Crippen LogP contribution in [0.3, 0.4) is 0 Å². The van der Waals surface area contributed by atoms with E-state index in [-0.39, 0.29) is 29.6 Å². The van der Waals surface area contributed by atoms with Crippen molar-refractivity contribution in [1.82, 2.24) is 0 Å². The van der Waals surface area contributed by atoms with Gasteiger partial charge in [-0.3, -0.25) is 0 Å². The molecule has 0 fully saturated rings. The smallest absolute Gasteiger partial charge is 0.0654 e. The molecule has 2 aromatic carbocycles. The van der Waals surface area contributed by atoms with Gasteiger partial charge < -0.3 is 0 Å². The molecule has 0 saturated heterocycles. The molecule has 0 N–H and O–H groups in total. The van der Waals surface area contributed by atoms with Crippen LogP contribution in [0.5, 0.6) is 0 Å². The maximum atomic E-state index is 2.25. The number of benzene rings is 2. The van der Waals surface area contributed by atoms with Crippen molar-refractivity contribution in [3.8, 4) is 0 Å². The zero-order chi connectivity index (χ0) is 9.80. The molecule has 0 saturated carbocycles. The van der Waals surface area contributed by atoms with Gasteiger partial charge in [0, 0.05) is 0 Å². The SMILES string of the molecule is CCCCc1cccc2ccccc12.[Na+]. The molecular weight excluding hydrogens is 191 g/mol. The molecule has 0 radical (unpaired) electrons. The minimum absolute atomic E-state index is 0. The van der Waals surface area contributed by atoms with Gasteiger partial charge in [0.15, 0.2) is 0 Å². The average molecular weight is 207 g/mol. The van der Waals surface area contributed by atoms with Crippen LogP contribution in [0.2, 0.25) is 0 Å². The van der Waals surface area contributed by atoms with Gasteiger partial charge in [0.1, 0.15) is 0 Å². The maximum Gasteiger partial charge on any atom is 1.00 e. The fourth-order valence-electron chi connectivity index (χ4n) is 1.88. The van der Waals surface area contributed by atoms with Crippen LogP contribution in [0.1, 0.15) is 25.3 Å². The second-order valence-corrected chi connectivity index (χ2v) is 3.74. The van der Waals surface area contributed by atoms with Gasteiger partial charge in [0.2, 0.25) is 0 Å². The Bertz CT molecular complexity index is 415. The number of rotatable bonds is 3. The molecule has 0 bridgehead atoms. The van der Waals surface area contributed by atoms with Crippen molar-refractivity contribution in [1.29, 1.82) is 0 Å². The second-order valence-electron chi connectivity index (χ2n) is 3.74. The van der Waals surface area contributed by atoms with Crippen LogP contribution < -0.4 is 29.6 Å². The number of unbranched alkanes of at least 4 members (excludes halogenated alkanes) is 1. The summed E-state index contributed by atoms with van der Waals surface area (Å²) >= 11 is 0. The van der Waals surface area contributed by atoms with E-state index in [1.54, 1.807) is 0 Å². The fraction of sp³-hybridized carbons (Fsp3) is 0.286. The van der Waals surface area contributed by atoms with Gasteiger partial charge in [0.25, 0.3) is 0 Å². The summed E-state index contributed by atoms with van der Waals surface area (Å²) in [6.07, 6.45) is 3.76. The Labute approximate surface area is 114 Å². The molecule has 2 aromatic rings. The van der Waals surface area contributed by atoms with Gasteiger partial charge >= 0.3 is 29.6 Å². The molecule has 0 spiro atoms. The van der Waals surface area contributed by atoms with Crippen LogP contribution in [0.15, 0.2) is 42.5 Å². The third-order valence-corrected chi connectivity index (χ3v) is 2.68. The molecule has 72 valence electrons. The van der Waals surface area contributed by atoms with Crippen LogP contribution in [0.4, 0.5) is 0 Å². The van der Waals surface area contributed by atoms with Crippen LogP contribution in [0, 0.1) is 0 Å². The van der Waals surface area contributed by atoms with Crippen LogP contribution in [-0.4, -0.2) is 0 Å². The van der Waals surface area contributed by atoms with Crippen LogP contribution in [-0.2, 0) is 6.42 Å². The van der Waals surface area contributed by atoms with Gasteiger partial charge in [-0.05, 0) is 29.2 Å². The third-order valence-electron chi connectivity index (χ3n) is 2.68. The summed E-state index contributed by atoms with van der Waals surface area (Å²) in [6.45, 7) is 2.24. The molecule has 0 aliphatic heterocycles. The fourth-order valence-corrected chi connectivity index (χ4v) is 1.88. The molecule has 0 unspecified atom stereocenters. The Hall–Kier alpha value is -0.300. The number of hydrogen-bond acceptors (Lipinski definition) is 0. The van der Waals surface area contributed by atoms with Crippen molar-refractivity contribution >= 4 is 10.8 Å². The van der Waals surface area contributed by atoms with E-state index in [2.05, 4.69) is 49.4 Å².